The number of nitrogens with zero attached hydrogens (tertiary/aromatic N) is 2. The highest BCUT2D eigenvalue weighted by Crippen LogP contribution is 2.20. The van der Waals surface area contributed by atoms with Crippen LogP contribution in [-0.2, 0) is 16.0 Å². The molecule has 0 aromatic heterocycles. The average molecular weight is 392 g/mol. The maximum Gasteiger partial charge on any atom is 0.295 e. The predicted octanol–water partition coefficient (Wildman–Crippen LogP) is 2.99. The van der Waals surface area contributed by atoms with Gasteiger partial charge in [-0.2, -0.15) is 0 Å². The van der Waals surface area contributed by atoms with Crippen LogP contribution < -0.4 is 0 Å². The Balaban J connectivity index is 1.51. The minimum atomic E-state index is -0.571. The van der Waals surface area contributed by atoms with Gasteiger partial charge in [0, 0.05) is 12.1 Å². The second-order valence-corrected chi connectivity index (χ2v) is 7.64. The Morgan fingerprint density at radius 2 is 1.66 bits per heavy atom. The van der Waals surface area contributed by atoms with Crippen molar-refractivity contribution in [3.8, 4) is 0 Å². The first-order valence-corrected chi connectivity index (χ1v) is 10.2. The smallest absolute Gasteiger partial charge is 0.295 e. The van der Waals surface area contributed by atoms with Crippen LogP contribution in [0.15, 0.2) is 60.7 Å². The lowest BCUT2D eigenvalue weighted by Crippen LogP contribution is -2.46. The fourth-order valence-electron chi connectivity index (χ4n) is 3.84. The number of hydrogen-bond acceptors (Lipinski definition) is 4. The molecule has 1 atom stereocenters. The number of hydrogen-bond donors (Lipinski definition) is 0. The Morgan fingerprint density at radius 3 is 2.34 bits per heavy atom. The normalized spacial score (nSPS) is 16.2. The summed E-state index contributed by atoms with van der Waals surface area (Å²) < 4.78 is 0. The van der Waals surface area contributed by atoms with Crippen molar-refractivity contribution in [2.75, 3.05) is 26.7 Å². The number of carbonyl (C=O) groups is 3. The summed E-state index contributed by atoms with van der Waals surface area (Å²) >= 11 is 0. The summed E-state index contributed by atoms with van der Waals surface area (Å²) in [7, 11) is 1.93. The van der Waals surface area contributed by atoms with Gasteiger partial charge in [0.15, 0.2) is 5.78 Å². The first kappa shape index (κ1) is 20.9. The molecule has 3 rings (SSSR count). The molecule has 0 saturated carbocycles. The van der Waals surface area contributed by atoms with E-state index in [2.05, 4.69) is 12.1 Å². The first-order valence-electron chi connectivity index (χ1n) is 10.2. The number of carbonyl (C=O) groups excluding carboxylic acids is 3. The average Bonchev–Trinajstić information content (AvgIpc) is 3.24. The molecule has 1 fully saturated rings. The third-order valence-electron chi connectivity index (χ3n) is 5.39. The summed E-state index contributed by atoms with van der Waals surface area (Å²) in [6.07, 6.45) is 3.32. The standard InChI is InChI=1S/C24H28N2O3/c1-25(16-8-12-19-10-4-2-5-11-19)18-22(27)21-15-9-17-26(21)24(29)23(28)20-13-6-3-7-14-20/h2-7,10-11,13-14,21H,8-9,12,15-18H2,1H3/t21-/m0/s1. The van der Waals surface area contributed by atoms with E-state index in [0.29, 0.717) is 25.1 Å². The second-order valence-electron chi connectivity index (χ2n) is 7.64. The fraction of sp³-hybridized carbons (Fsp3) is 0.375. The summed E-state index contributed by atoms with van der Waals surface area (Å²) in [6, 6.07) is 18.3. The molecular weight excluding hydrogens is 364 g/mol. The van der Waals surface area contributed by atoms with Crippen LogP contribution in [0.4, 0.5) is 0 Å². The van der Waals surface area contributed by atoms with Crippen LogP contribution in [-0.4, -0.2) is 60.0 Å². The highest BCUT2D eigenvalue weighted by molar-refractivity contribution is 6.43. The van der Waals surface area contributed by atoms with Crippen molar-refractivity contribution < 1.29 is 14.4 Å². The zero-order valence-electron chi connectivity index (χ0n) is 16.9. The lowest BCUT2D eigenvalue weighted by molar-refractivity contribution is -0.134. The van der Waals surface area contributed by atoms with Crippen molar-refractivity contribution in [2.45, 2.75) is 31.7 Å². The van der Waals surface area contributed by atoms with E-state index in [4.69, 9.17) is 0 Å². The Labute approximate surface area is 172 Å². The van der Waals surface area contributed by atoms with Crippen molar-refractivity contribution in [3.63, 3.8) is 0 Å². The largest absolute Gasteiger partial charge is 0.326 e. The highest BCUT2D eigenvalue weighted by Gasteiger charge is 2.36. The number of amides is 1. The topological polar surface area (TPSA) is 57.7 Å². The number of rotatable bonds is 9. The van der Waals surface area contributed by atoms with Crippen molar-refractivity contribution in [3.05, 3.63) is 71.8 Å². The Bertz CT molecular complexity index is 836. The Hall–Kier alpha value is -2.79. The molecule has 0 bridgehead atoms. The van der Waals surface area contributed by atoms with Crippen molar-refractivity contribution in [1.29, 1.82) is 0 Å². The summed E-state index contributed by atoms with van der Waals surface area (Å²) in [5, 5.41) is 0. The van der Waals surface area contributed by atoms with E-state index in [1.54, 1.807) is 30.3 Å². The number of Topliss-reactive ketones (excluding diaryl/α,β-unsaturated/α-hetero) is 2. The summed E-state index contributed by atoms with van der Waals surface area (Å²) in [4.78, 5) is 41.5. The molecule has 2 aromatic rings. The van der Waals surface area contributed by atoms with Gasteiger partial charge in [-0.25, -0.2) is 0 Å². The van der Waals surface area contributed by atoms with Gasteiger partial charge in [-0.1, -0.05) is 60.7 Å². The molecule has 1 aliphatic heterocycles. The fourth-order valence-corrected chi connectivity index (χ4v) is 3.84. The van der Waals surface area contributed by atoms with Crippen LogP contribution in [0, 0.1) is 0 Å². The molecule has 5 nitrogen and oxygen atoms in total. The quantitative estimate of drug-likeness (QED) is 0.486. The number of likely N-dealkylation sites (tertiary alicyclic amines) is 1. The third kappa shape index (κ3) is 5.61. The molecule has 5 heteroatoms. The predicted molar refractivity (Wildman–Crippen MR) is 113 cm³/mol. The van der Waals surface area contributed by atoms with Gasteiger partial charge < -0.3 is 4.90 Å². The Kier molecular flexibility index (Phi) is 7.30. The number of benzene rings is 2. The molecule has 1 amide bonds. The van der Waals surface area contributed by atoms with Crippen molar-refractivity contribution >= 4 is 17.5 Å². The highest BCUT2D eigenvalue weighted by atomic mass is 16.2. The van der Waals surface area contributed by atoms with E-state index in [-0.39, 0.29) is 5.78 Å². The summed E-state index contributed by atoms with van der Waals surface area (Å²) in [6.45, 7) is 1.57. The van der Waals surface area contributed by atoms with E-state index >= 15 is 0 Å². The molecule has 2 aromatic carbocycles. The second kappa shape index (κ2) is 10.1. The van der Waals surface area contributed by atoms with Gasteiger partial charge in [-0.15, -0.1) is 0 Å². The summed E-state index contributed by atoms with van der Waals surface area (Å²) in [5.41, 5.74) is 1.66. The summed E-state index contributed by atoms with van der Waals surface area (Å²) in [5.74, 6) is -1.10. The van der Waals surface area contributed by atoms with Crippen molar-refractivity contribution in [1.82, 2.24) is 9.80 Å². The minimum Gasteiger partial charge on any atom is -0.326 e. The molecule has 1 saturated heterocycles. The molecule has 1 aliphatic rings. The molecule has 0 unspecified atom stereocenters. The maximum atomic E-state index is 12.8. The number of likely N-dealkylation sites (N-methyl/N-ethyl adjacent to an activating group) is 1. The molecule has 0 aliphatic carbocycles. The van der Waals surface area contributed by atoms with Gasteiger partial charge in [-0.3, -0.25) is 19.3 Å². The molecule has 0 spiro atoms. The monoisotopic (exact) mass is 392 g/mol. The van der Waals surface area contributed by atoms with Gasteiger partial charge >= 0.3 is 0 Å². The van der Waals surface area contributed by atoms with Crippen LogP contribution in [0.5, 0.6) is 0 Å². The zero-order valence-corrected chi connectivity index (χ0v) is 16.9. The molecule has 29 heavy (non-hydrogen) atoms. The molecule has 1 heterocycles. The van der Waals surface area contributed by atoms with Gasteiger partial charge in [0.2, 0.25) is 5.78 Å². The SMILES string of the molecule is CN(CCCc1ccccc1)CC(=O)[C@@H]1CCCN1C(=O)C(=O)c1ccccc1. The Morgan fingerprint density at radius 1 is 1.00 bits per heavy atom. The van der Waals surface area contributed by atoms with Crippen LogP contribution in [0.3, 0.4) is 0 Å². The van der Waals surface area contributed by atoms with E-state index in [1.165, 1.54) is 10.5 Å². The van der Waals surface area contributed by atoms with Crippen LogP contribution >= 0.6 is 0 Å². The van der Waals surface area contributed by atoms with Crippen LogP contribution in [0.1, 0.15) is 35.2 Å². The molecule has 0 N–H and O–H groups in total. The lowest BCUT2D eigenvalue weighted by atomic mass is 10.1. The van der Waals surface area contributed by atoms with Crippen molar-refractivity contribution in [2.24, 2.45) is 0 Å². The molecule has 0 radical (unpaired) electrons. The van der Waals surface area contributed by atoms with E-state index in [0.717, 1.165) is 25.8 Å². The van der Waals surface area contributed by atoms with E-state index in [1.807, 2.05) is 30.1 Å². The molecular formula is C24H28N2O3. The number of ketones is 2. The van der Waals surface area contributed by atoms with E-state index in [9.17, 15) is 14.4 Å². The van der Waals surface area contributed by atoms with Crippen LogP contribution in [0.2, 0.25) is 0 Å². The van der Waals surface area contributed by atoms with Gasteiger partial charge in [0.05, 0.1) is 12.6 Å². The first-order chi connectivity index (χ1) is 14.1. The van der Waals surface area contributed by atoms with Gasteiger partial charge in [-0.05, 0) is 44.8 Å². The van der Waals surface area contributed by atoms with Gasteiger partial charge in [0.25, 0.3) is 5.91 Å². The lowest BCUT2D eigenvalue weighted by Gasteiger charge is -2.25. The van der Waals surface area contributed by atoms with Gasteiger partial charge in [0.1, 0.15) is 0 Å². The maximum absolute atomic E-state index is 12.8. The minimum absolute atomic E-state index is 0.0129. The third-order valence-corrected chi connectivity index (χ3v) is 5.39. The zero-order chi connectivity index (χ0) is 20.6. The van der Waals surface area contributed by atoms with E-state index < -0.39 is 17.7 Å². The van der Waals surface area contributed by atoms with Crippen LogP contribution in [0.25, 0.3) is 0 Å². The number of aryl methyl sites for hydroxylation is 1. The molecule has 152 valence electrons.